The fourth-order valence-corrected chi connectivity index (χ4v) is 8.40. The number of H-pyrrole nitrogens is 1. The summed E-state index contributed by atoms with van der Waals surface area (Å²) in [6, 6.07) is 5.72. The average molecular weight is 694 g/mol. The number of rotatable bonds is 6. The molecule has 7 heterocycles. The Hall–Kier alpha value is -5.04. The van der Waals surface area contributed by atoms with Crippen LogP contribution in [0.5, 0.6) is 5.88 Å². The second-order valence-corrected chi connectivity index (χ2v) is 15.6. The molecule has 1 aliphatic carbocycles. The summed E-state index contributed by atoms with van der Waals surface area (Å²) in [5.41, 5.74) is 2.59. The number of hydrogen-bond donors (Lipinski definition) is 2. The van der Waals surface area contributed by atoms with Crippen molar-refractivity contribution in [2.45, 2.75) is 69.6 Å². The molecule has 0 radical (unpaired) electrons. The number of aromatic amines is 1. The van der Waals surface area contributed by atoms with Crippen molar-refractivity contribution in [2.75, 3.05) is 18.8 Å². The molecule has 0 spiro atoms. The number of allylic oxidation sites excluding steroid dienone is 4. The van der Waals surface area contributed by atoms with Gasteiger partial charge in [-0.25, -0.2) is 33.2 Å². The van der Waals surface area contributed by atoms with Crippen molar-refractivity contribution >= 4 is 39.5 Å². The quantitative estimate of drug-likeness (QED) is 0.466. The number of fused-ring (bicyclic) bond motifs is 6. The topological polar surface area (TPSA) is 151 Å². The van der Waals surface area contributed by atoms with Crippen LogP contribution in [0, 0.1) is 0 Å². The molecule has 1 unspecified atom stereocenters. The van der Waals surface area contributed by atoms with E-state index in [0.29, 0.717) is 66.7 Å². The first kappa shape index (κ1) is 32.2. The van der Waals surface area contributed by atoms with Crippen molar-refractivity contribution < 1.29 is 22.7 Å². The monoisotopic (exact) mass is 693 g/mol. The maximum absolute atomic E-state index is 13.7. The number of aromatic nitrogens is 3. The Bertz CT molecular complexity index is 2180. The van der Waals surface area contributed by atoms with Gasteiger partial charge in [0.05, 0.1) is 40.0 Å². The van der Waals surface area contributed by atoms with Crippen LogP contribution in [-0.4, -0.2) is 76.8 Å². The van der Waals surface area contributed by atoms with Gasteiger partial charge in [0.1, 0.15) is 29.0 Å². The van der Waals surface area contributed by atoms with E-state index in [1.807, 2.05) is 54.7 Å². The van der Waals surface area contributed by atoms with Crippen LogP contribution in [0.1, 0.15) is 57.6 Å². The van der Waals surface area contributed by atoms with Crippen molar-refractivity contribution in [1.82, 2.24) is 25.2 Å². The van der Waals surface area contributed by atoms with Crippen molar-refractivity contribution in [1.29, 1.82) is 0 Å². The van der Waals surface area contributed by atoms with Crippen LogP contribution in [0.25, 0.3) is 12.2 Å². The summed E-state index contributed by atoms with van der Waals surface area (Å²) in [6.07, 6.45) is 22.1. The van der Waals surface area contributed by atoms with Crippen molar-refractivity contribution in [3.8, 4) is 5.88 Å². The molecule has 5 aliphatic heterocycles. The lowest BCUT2D eigenvalue weighted by atomic mass is 9.91. The van der Waals surface area contributed by atoms with E-state index < -0.39 is 15.4 Å². The molecule has 2 aromatic rings. The van der Waals surface area contributed by atoms with Crippen LogP contribution < -0.4 is 20.8 Å². The van der Waals surface area contributed by atoms with Gasteiger partial charge in [-0.15, -0.1) is 0 Å². The van der Waals surface area contributed by atoms with Gasteiger partial charge >= 0.3 is 6.09 Å². The Balaban J connectivity index is 1.11. The number of sulfone groups is 1. The van der Waals surface area contributed by atoms with Crippen molar-refractivity contribution in [2.24, 2.45) is 9.98 Å². The minimum absolute atomic E-state index is 0.0354. The maximum atomic E-state index is 13.7. The molecule has 6 aliphatic rings. The molecule has 1 saturated heterocycles. The van der Waals surface area contributed by atoms with Gasteiger partial charge in [0.2, 0.25) is 5.88 Å². The molecule has 13 heteroatoms. The lowest BCUT2D eigenvalue weighted by Gasteiger charge is -2.32. The van der Waals surface area contributed by atoms with Gasteiger partial charge in [-0.3, -0.25) is 0 Å². The number of carbonyl (C=O) groups excluding carboxylic acids is 1. The highest BCUT2D eigenvalue weighted by Gasteiger charge is 2.40. The van der Waals surface area contributed by atoms with Gasteiger partial charge < -0.3 is 24.7 Å². The van der Waals surface area contributed by atoms with Gasteiger partial charge in [0, 0.05) is 49.1 Å². The number of nitrogens with one attached hydrogen (secondary N) is 2. The van der Waals surface area contributed by atoms with E-state index in [-0.39, 0.29) is 29.0 Å². The van der Waals surface area contributed by atoms with Gasteiger partial charge in [-0.1, -0.05) is 13.0 Å². The largest absolute Gasteiger partial charge is 0.474 e. The molecule has 2 aromatic heterocycles. The summed E-state index contributed by atoms with van der Waals surface area (Å²) in [5.74, 6) is 0.318. The zero-order valence-corrected chi connectivity index (χ0v) is 28.7. The fourth-order valence-electron chi connectivity index (χ4n) is 7.21. The second kappa shape index (κ2) is 13.0. The van der Waals surface area contributed by atoms with Gasteiger partial charge in [-0.2, -0.15) is 0 Å². The van der Waals surface area contributed by atoms with Crippen LogP contribution in [0.15, 0.2) is 93.0 Å². The molecule has 1 atom stereocenters. The van der Waals surface area contributed by atoms with E-state index in [2.05, 4.69) is 20.3 Å². The highest BCUT2D eigenvalue weighted by Crippen LogP contribution is 2.40. The molecule has 8 bridgehead atoms. The molecule has 1 saturated carbocycles. The zero-order valence-electron chi connectivity index (χ0n) is 27.8. The third-order valence-corrected chi connectivity index (χ3v) is 11.7. The molecular formula is C37H39N7O5S. The summed E-state index contributed by atoms with van der Waals surface area (Å²) in [6.45, 7) is 2.73. The number of nitrogens with zero attached hydrogens (tertiary/aromatic N) is 5. The number of ether oxygens (including phenoxy) is 2. The van der Waals surface area contributed by atoms with E-state index in [1.54, 1.807) is 24.0 Å². The zero-order chi connectivity index (χ0) is 34.3. The Morgan fingerprint density at radius 1 is 0.960 bits per heavy atom. The normalized spacial score (nSPS) is 23.5. The number of hydrogen-bond acceptors (Lipinski definition) is 10. The lowest BCUT2D eigenvalue weighted by molar-refractivity contribution is 0.0431. The minimum Gasteiger partial charge on any atom is -0.474 e. The number of aliphatic imine (C=N–C) groups is 2. The average Bonchev–Trinajstić information content (AvgIpc) is 3.96. The van der Waals surface area contributed by atoms with Crippen LogP contribution in [-0.2, 0) is 20.1 Å². The predicted octanol–water partition coefficient (Wildman–Crippen LogP) is 3.63. The van der Waals surface area contributed by atoms with Crippen molar-refractivity contribution in [3.63, 3.8) is 0 Å². The van der Waals surface area contributed by atoms with Crippen molar-refractivity contribution in [3.05, 3.63) is 99.4 Å². The smallest absolute Gasteiger partial charge is 0.410 e. The van der Waals surface area contributed by atoms with Gasteiger partial charge in [0.25, 0.3) is 0 Å². The molecule has 12 nitrogen and oxygen atoms in total. The van der Waals surface area contributed by atoms with Crippen LogP contribution in [0.3, 0.4) is 0 Å². The SMILES string of the molecule is CCS(=O)(=O)C1=C2C=CC(=N2)C=c2ccc([nH]2)=CC2=NC(=CC3(c4cc(OC5CCN(C(=O)OC6CCCC6)CC5)ncn4)CC=C1N3)C=C2. The van der Waals surface area contributed by atoms with E-state index in [1.165, 1.54) is 6.33 Å². The van der Waals surface area contributed by atoms with E-state index >= 15 is 0 Å². The Morgan fingerprint density at radius 3 is 2.46 bits per heavy atom. The summed E-state index contributed by atoms with van der Waals surface area (Å²) in [5, 5.41) is 5.28. The van der Waals surface area contributed by atoms with E-state index in [0.717, 1.165) is 42.1 Å². The summed E-state index contributed by atoms with van der Waals surface area (Å²) in [7, 11) is -3.71. The summed E-state index contributed by atoms with van der Waals surface area (Å²) < 4.78 is 39.4. The van der Waals surface area contributed by atoms with Crippen LogP contribution >= 0.6 is 0 Å². The molecule has 50 heavy (non-hydrogen) atoms. The first-order valence-corrected chi connectivity index (χ1v) is 19.0. The Labute approximate surface area is 290 Å². The second-order valence-electron chi connectivity index (χ2n) is 13.3. The van der Waals surface area contributed by atoms with E-state index in [4.69, 9.17) is 19.5 Å². The summed E-state index contributed by atoms with van der Waals surface area (Å²) in [4.78, 5) is 36.7. The summed E-state index contributed by atoms with van der Waals surface area (Å²) >= 11 is 0. The number of carbonyl (C=O) groups is 1. The Morgan fingerprint density at radius 2 is 1.70 bits per heavy atom. The standard InChI is InChI=1S/C37H39N7O5S/c1-2-50(46,47)35-31-12-11-27(42-31)20-25-8-7-24(40-25)19-26-9-10-28(41-26)22-37(16-13-32(35)43-37)33-21-34(39-23-38-33)48-30-14-17-44(18-15-30)36(45)49-29-5-3-4-6-29/h7-13,19-23,29-30,40,43H,2-6,14-18H2,1H3. The number of likely N-dealkylation sites (tertiary alicyclic amines) is 1. The molecular weight excluding hydrogens is 655 g/mol. The molecule has 2 fully saturated rings. The first-order valence-electron chi connectivity index (χ1n) is 17.3. The van der Waals surface area contributed by atoms with Gasteiger partial charge in [0.15, 0.2) is 9.84 Å². The minimum atomic E-state index is -3.71. The fraction of sp³-hybridized carbons (Fsp3) is 0.378. The first-order chi connectivity index (χ1) is 24.2. The third kappa shape index (κ3) is 6.49. The lowest BCUT2D eigenvalue weighted by Crippen LogP contribution is -2.43. The number of piperidine rings is 1. The maximum Gasteiger partial charge on any atom is 0.410 e. The predicted molar refractivity (Wildman–Crippen MR) is 190 cm³/mol. The molecule has 258 valence electrons. The Kier molecular flexibility index (Phi) is 8.38. The van der Waals surface area contributed by atoms with Crippen LogP contribution in [0.2, 0.25) is 0 Å². The van der Waals surface area contributed by atoms with Gasteiger partial charge in [-0.05, 0) is 80.3 Å². The van der Waals surface area contributed by atoms with Crippen LogP contribution in [0.4, 0.5) is 4.79 Å². The molecule has 2 N–H and O–H groups in total. The molecule has 1 amide bonds. The number of amides is 1. The molecule has 8 rings (SSSR count). The highest BCUT2D eigenvalue weighted by molar-refractivity contribution is 7.95. The molecule has 0 aromatic carbocycles. The third-order valence-electron chi connectivity index (χ3n) is 9.89. The van der Waals surface area contributed by atoms with E-state index in [9.17, 15) is 13.2 Å². The highest BCUT2D eigenvalue weighted by atomic mass is 32.2.